The first-order valence-electron chi connectivity index (χ1n) is 12.7. The Kier molecular flexibility index (Phi) is 8.57. The minimum atomic E-state index is -0.278. The summed E-state index contributed by atoms with van der Waals surface area (Å²) >= 11 is 0. The Balaban J connectivity index is 1.47. The number of pyridine rings is 1. The van der Waals surface area contributed by atoms with Gasteiger partial charge in [0.25, 0.3) is 5.91 Å². The van der Waals surface area contributed by atoms with Crippen molar-refractivity contribution in [1.82, 2.24) is 10.3 Å². The van der Waals surface area contributed by atoms with Gasteiger partial charge in [-0.2, -0.15) is 0 Å². The number of nitrogens with one attached hydrogen (secondary N) is 1. The fraction of sp³-hybridized carbons (Fsp3) is 0.250. The van der Waals surface area contributed by atoms with Gasteiger partial charge in [0.2, 0.25) is 0 Å². The molecule has 1 aromatic heterocycles. The number of aromatic hydroxyl groups is 1. The number of carbonyl (C=O) groups is 1. The third kappa shape index (κ3) is 6.56. The van der Waals surface area contributed by atoms with Crippen molar-refractivity contribution < 1.29 is 14.6 Å². The normalized spacial score (nSPS) is 11.6. The minimum Gasteiger partial charge on any atom is -0.507 e. The van der Waals surface area contributed by atoms with E-state index in [0.29, 0.717) is 13.2 Å². The average molecular weight is 495 g/mol. The van der Waals surface area contributed by atoms with Crippen molar-refractivity contribution in [2.75, 3.05) is 6.54 Å². The highest BCUT2D eigenvalue weighted by Gasteiger charge is 2.18. The van der Waals surface area contributed by atoms with Crippen molar-refractivity contribution in [3.05, 3.63) is 124 Å². The Labute approximate surface area is 219 Å². The van der Waals surface area contributed by atoms with Crippen LogP contribution in [0.2, 0.25) is 0 Å². The smallest absolute Gasteiger partial charge is 0.255 e. The van der Waals surface area contributed by atoms with Crippen LogP contribution in [-0.2, 0) is 13.0 Å². The van der Waals surface area contributed by atoms with E-state index in [1.165, 1.54) is 6.07 Å². The maximum atomic E-state index is 12.7. The number of aryl methyl sites for hydroxylation is 2. The molecule has 0 saturated heterocycles. The van der Waals surface area contributed by atoms with Crippen molar-refractivity contribution in [2.24, 2.45) is 0 Å². The summed E-state index contributed by atoms with van der Waals surface area (Å²) in [4.78, 5) is 17.6. The minimum absolute atomic E-state index is 0.0170. The second kappa shape index (κ2) is 12.2. The fourth-order valence-electron chi connectivity index (χ4n) is 4.58. The molecule has 5 heteroatoms. The zero-order valence-corrected chi connectivity index (χ0v) is 21.7. The molecule has 0 radical (unpaired) electrons. The van der Waals surface area contributed by atoms with E-state index < -0.39 is 0 Å². The van der Waals surface area contributed by atoms with Crippen LogP contribution in [0.25, 0.3) is 0 Å². The van der Waals surface area contributed by atoms with Crippen molar-refractivity contribution in [3.63, 3.8) is 0 Å². The number of aromatic nitrogens is 1. The number of phenolic OH excluding ortho intramolecular Hbond substituents is 1. The van der Waals surface area contributed by atoms with Crippen LogP contribution in [0.15, 0.2) is 84.9 Å². The number of rotatable bonds is 10. The zero-order chi connectivity index (χ0) is 26.2. The summed E-state index contributed by atoms with van der Waals surface area (Å²) in [5.41, 5.74) is 6.76. The molecular weight excluding hydrogens is 460 g/mol. The largest absolute Gasteiger partial charge is 0.507 e. The molecule has 3 aromatic carbocycles. The molecule has 4 rings (SSSR count). The van der Waals surface area contributed by atoms with Crippen LogP contribution >= 0.6 is 0 Å². The van der Waals surface area contributed by atoms with Crippen LogP contribution < -0.4 is 10.1 Å². The highest BCUT2D eigenvalue weighted by Crippen LogP contribution is 2.29. The molecule has 0 aliphatic carbocycles. The van der Waals surface area contributed by atoms with Gasteiger partial charge in [-0.3, -0.25) is 9.78 Å². The van der Waals surface area contributed by atoms with E-state index in [4.69, 9.17) is 9.72 Å². The number of ether oxygens (including phenoxy) is 1. The van der Waals surface area contributed by atoms with Gasteiger partial charge in [0.1, 0.15) is 18.1 Å². The monoisotopic (exact) mass is 494 g/mol. The van der Waals surface area contributed by atoms with Gasteiger partial charge in [0.05, 0.1) is 11.3 Å². The molecule has 4 aromatic rings. The molecule has 0 fully saturated rings. The van der Waals surface area contributed by atoms with Gasteiger partial charge in [-0.05, 0) is 68.0 Å². The van der Waals surface area contributed by atoms with Gasteiger partial charge in [-0.1, -0.05) is 72.8 Å². The summed E-state index contributed by atoms with van der Waals surface area (Å²) in [6.45, 7) is 7.17. The third-order valence-corrected chi connectivity index (χ3v) is 6.85. The predicted octanol–water partition coefficient (Wildman–Crippen LogP) is 6.44. The molecule has 1 unspecified atom stereocenters. The van der Waals surface area contributed by atoms with Crippen LogP contribution in [0.3, 0.4) is 0 Å². The number of benzene rings is 3. The van der Waals surface area contributed by atoms with Gasteiger partial charge >= 0.3 is 0 Å². The van der Waals surface area contributed by atoms with Crippen LogP contribution in [0.4, 0.5) is 0 Å². The Hall–Kier alpha value is -4.12. The van der Waals surface area contributed by atoms with Crippen LogP contribution in [-0.4, -0.2) is 22.5 Å². The van der Waals surface area contributed by atoms with Gasteiger partial charge < -0.3 is 15.2 Å². The van der Waals surface area contributed by atoms with Crippen LogP contribution in [0.5, 0.6) is 11.5 Å². The zero-order valence-electron chi connectivity index (χ0n) is 21.7. The molecule has 0 spiro atoms. The third-order valence-electron chi connectivity index (χ3n) is 6.85. The summed E-state index contributed by atoms with van der Waals surface area (Å²) < 4.78 is 6.17. The standard InChI is InChI=1S/C32H34N2O3/c1-22-23(2)31(37-21-25-12-6-4-7-13-25)24(3)34-29(22)19-18-27(26-14-8-5-9-15-26)20-33-32(36)28-16-10-11-17-30(28)35/h4-17,27,35H,18-21H2,1-3H3,(H,33,36). The number of amides is 1. The first-order valence-corrected chi connectivity index (χ1v) is 12.7. The number of nitrogens with zero attached hydrogens (tertiary/aromatic N) is 1. The Morgan fingerprint density at radius 1 is 0.892 bits per heavy atom. The van der Waals surface area contributed by atoms with E-state index in [2.05, 4.69) is 43.4 Å². The summed E-state index contributed by atoms with van der Waals surface area (Å²) in [5, 5.41) is 13.1. The van der Waals surface area contributed by atoms with E-state index in [9.17, 15) is 9.90 Å². The van der Waals surface area contributed by atoms with E-state index in [-0.39, 0.29) is 23.1 Å². The molecule has 1 amide bonds. The summed E-state index contributed by atoms with van der Waals surface area (Å²) in [5.74, 6) is 0.656. The molecule has 190 valence electrons. The van der Waals surface area contributed by atoms with Gasteiger partial charge in [0.15, 0.2) is 0 Å². The molecule has 5 nitrogen and oxygen atoms in total. The Morgan fingerprint density at radius 3 is 2.24 bits per heavy atom. The van der Waals surface area contributed by atoms with Crippen molar-refractivity contribution in [3.8, 4) is 11.5 Å². The maximum Gasteiger partial charge on any atom is 0.255 e. The van der Waals surface area contributed by atoms with E-state index in [1.54, 1.807) is 18.2 Å². The molecule has 0 saturated carbocycles. The summed E-state index contributed by atoms with van der Waals surface area (Å²) in [6.07, 6.45) is 1.60. The van der Waals surface area contributed by atoms with Gasteiger partial charge in [-0.15, -0.1) is 0 Å². The van der Waals surface area contributed by atoms with E-state index >= 15 is 0 Å². The molecule has 1 heterocycles. The fourth-order valence-corrected chi connectivity index (χ4v) is 4.58. The maximum absolute atomic E-state index is 12.7. The number of hydrogen-bond acceptors (Lipinski definition) is 4. The molecular formula is C32H34N2O3. The summed E-state index contributed by atoms with van der Waals surface area (Å²) in [6, 6.07) is 27.0. The topological polar surface area (TPSA) is 71.5 Å². The number of carbonyl (C=O) groups excluding carboxylic acids is 1. The van der Waals surface area contributed by atoms with Crippen LogP contribution in [0.1, 0.15) is 56.3 Å². The van der Waals surface area contributed by atoms with E-state index in [0.717, 1.165) is 52.2 Å². The molecule has 0 aliphatic heterocycles. The Bertz CT molecular complexity index is 1340. The first-order chi connectivity index (χ1) is 17.9. The quantitative estimate of drug-likeness (QED) is 0.266. The molecule has 1 atom stereocenters. The SMILES string of the molecule is Cc1nc(CCC(CNC(=O)c2ccccc2O)c2ccccc2)c(C)c(C)c1OCc1ccccc1. The molecule has 0 aliphatic rings. The van der Waals surface area contributed by atoms with Crippen molar-refractivity contribution in [1.29, 1.82) is 0 Å². The lowest BCUT2D eigenvalue weighted by atomic mass is 9.91. The van der Waals surface area contributed by atoms with Crippen molar-refractivity contribution >= 4 is 5.91 Å². The highest BCUT2D eigenvalue weighted by molar-refractivity contribution is 5.96. The second-order valence-corrected chi connectivity index (χ2v) is 9.37. The number of phenols is 1. The molecule has 0 bridgehead atoms. The average Bonchev–Trinajstić information content (AvgIpc) is 2.92. The van der Waals surface area contributed by atoms with Crippen LogP contribution in [0, 0.1) is 20.8 Å². The summed E-state index contributed by atoms with van der Waals surface area (Å²) in [7, 11) is 0. The van der Waals surface area contributed by atoms with E-state index in [1.807, 2.05) is 43.3 Å². The highest BCUT2D eigenvalue weighted by atomic mass is 16.5. The van der Waals surface area contributed by atoms with Crippen molar-refractivity contribution in [2.45, 2.75) is 46.1 Å². The first kappa shape index (κ1) is 26.0. The molecule has 37 heavy (non-hydrogen) atoms. The number of para-hydroxylation sites is 1. The lowest BCUT2D eigenvalue weighted by molar-refractivity contribution is 0.0948. The lowest BCUT2D eigenvalue weighted by Crippen LogP contribution is -2.28. The lowest BCUT2D eigenvalue weighted by Gasteiger charge is -2.20. The number of hydrogen-bond donors (Lipinski definition) is 2. The van der Waals surface area contributed by atoms with Gasteiger partial charge in [0, 0.05) is 18.2 Å². The molecule has 2 N–H and O–H groups in total. The van der Waals surface area contributed by atoms with Gasteiger partial charge in [-0.25, -0.2) is 0 Å². The predicted molar refractivity (Wildman–Crippen MR) is 147 cm³/mol. The second-order valence-electron chi connectivity index (χ2n) is 9.37. The Morgan fingerprint density at radius 2 is 1.54 bits per heavy atom.